The second-order valence-electron chi connectivity index (χ2n) is 3.55. The average molecular weight is 206 g/mol. The molecule has 1 aromatic rings. The Morgan fingerprint density at radius 1 is 1.33 bits per heavy atom. The number of nitrogens with zero attached hydrogens (tertiary/aromatic N) is 2. The van der Waals surface area contributed by atoms with Crippen molar-refractivity contribution in [1.82, 2.24) is 9.97 Å². The number of aldehydes is 1. The summed E-state index contributed by atoms with van der Waals surface area (Å²) in [6.45, 7) is 3.59. The summed E-state index contributed by atoms with van der Waals surface area (Å²) >= 11 is 0. The summed E-state index contributed by atoms with van der Waals surface area (Å²) in [5.74, 6) is -0.148. The number of aromatic nitrogens is 2. The van der Waals surface area contributed by atoms with Gasteiger partial charge in [-0.2, -0.15) is 0 Å². The Balaban J connectivity index is 2.21. The van der Waals surface area contributed by atoms with Crippen LogP contribution in [0, 0.1) is 0 Å². The number of hydrogen-bond acceptors (Lipinski definition) is 5. The summed E-state index contributed by atoms with van der Waals surface area (Å²) in [7, 11) is 0. The van der Waals surface area contributed by atoms with Gasteiger partial charge in [-0.05, 0) is 0 Å². The molecule has 0 saturated carbocycles. The molecule has 0 unspecified atom stereocenters. The minimum absolute atomic E-state index is 0.289. The van der Waals surface area contributed by atoms with E-state index in [1.165, 1.54) is 18.7 Å². The van der Waals surface area contributed by atoms with E-state index in [1.54, 1.807) is 13.8 Å². The predicted octanol–water partition coefficient (Wildman–Crippen LogP) is 1.37. The zero-order chi connectivity index (χ0) is 10.9. The second-order valence-corrected chi connectivity index (χ2v) is 3.55. The van der Waals surface area contributed by atoms with Gasteiger partial charge in [-0.25, -0.2) is 9.97 Å². The smallest absolute Gasteiger partial charge is 0.245 e. The third-order valence-corrected chi connectivity index (χ3v) is 1.85. The molecule has 0 amide bonds. The van der Waals surface area contributed by atoms with Crippen molar-refractivity contribution in [3.05, 3.63) is 30.0 Å². The van der Waals surface area contributed by atoms with E-state index >= 15 is 0 Å². The van der Waals surface area contributed by atoms with Gasteiger partial charge < -0.3 is 9.47 Å². The quantitative estimate of drug-likeness (QED) is 0.684. The monoisotopic (exact) mass is 206 g/mol. The van der Waals surface area contributed by atoms with Gasteiger partial charge in [-0.15, -0.1) is 0 Å². The van der Waals surface area contributed by atoms with Gasteiger partial charge in [-0.3, -0.25) is 4.79 Å². The molecule has 0 bridgehead atoms. The maximum absolute atomic E-state index is 10.4. The molecule has 5 nitrogen and oxygen atoms in total. The van der Waals surface area contributed by atoms with E-state index in [4.69, 9.17) is 9.47 Å². The maximum Gasteiger partial charge on any atom is 0.245 e. The Morgan fingerprint density at radius 3 is 2.60 bits per heavy atom. The summed E-state index contributed by atoms with van der Waals surface area (Å²) in [6, 6.07) is 0. The van der Waals surface area contributed by atoms with E-state index < -0.39 is 5.79 Å². The van der Waals surface area contributed by atoms with Crippen molar-refractivity contribution in [1.29, 1.82) is 0 Å². The fourth-order valence-electron chi connectivity index (χ4n) is 1.15. The molecule has 0 radical (unpaired) electrons. The van der Waals surface area contributed by atoms with Crippen LogP contribution in [-0.2, 0) is 9.47 Å². The lowest BCUT2D eigenvalue weighted by atomic mass is 10.3. The summed E-state index contributed by atoms with van der Waals surface area (Å²) in [5.41, 5.74) is 0.837. The van der Waals surface area contributed by atoms with Gasteiger partial charge in [0.25, 0.3) is 0 Å². The highest BCUT2D eigenvalue weighted by Crippen LogP contribution is 2.29. The molecular formula is C10H10N2O3. The molecule has 15 heavy (non-hydrogen) atoms. The molecule has 0 atom stereocenters. The SMILES string of the molecule is CC1(C)OC=C(c2cnc(C=O)cn2)O1. The zero-order valence-corrected chi connectivity index (χ0v) is 8.43. The zero-order valence-electron chi connectivity index (χ0n) is 8.43. The van der Waals surface area contributed by atoms with Gasteiger partial charge in [0.15, 0.2) is 12.0 Å². The maximum atomic E-state index is 10.4. The molecule has 0 aromatic carbocycles. The van der Waals surface area contributed by atoms with E-state index in [1.807, 2.05) is 0 Å². The summed E-state index contributed by atoms with van der Waals surface area (Å²) in [6.07, 6.45) is 4.99. The Bertz CT molecular complexity index is 409. The van der Waals surface area contributed by atoms with Crippen molar-refractivity contribution in [3.8, 4) is 0 Å². The third kappa shape index (κ3) is 1.96. The number of hydrogen-bond donors (Lipinski definition) is 0. The van der Waals surface area contributed by atoms with Crippen LogP contribution in [0.3, 0.4) is 0 Å². The molecule has 1 aliphatic heterocycles. The van der Waals surface area contributed by atoms with Crippen molar-refractivity contribution in [2.45, 2.75) is 19.6 Å². The standard InChI is InChI=1S/C10H10N2O3/c1-10(2)14-6-9(15-10)8-4-11-7(5-13)3-12-8/h3-6H,1-2H3. The first-order valence-electron chi connectivity index (χ1n) is 4.45. The van der Waals surface area contributed by atoms with Crippen molar-refractivity contribution in [3.63, 3.8) is 0 Å². The average Bonchev–Trinajstić information content (AvgIpc) is 2.59. The molecular weight excluding hydrogens is 196 g/mol. The van der Waals surface area contributed by atoms with Crippen molar-refractivity contribution in [2.24, 2.45) is 0 Å². The first-order chi connectivity index (χ1) is 7.11. The van der Waals surface area contributed by atoms with E-state index in [-0.39, 0.29) is 5.69 Å². The molecule has 5 heteroatoms. The van der Waals surface area contributed by atoms with E-state index in [0.717, 1.165) is 0 Å². The Morgan fingerprint density at radius 2 is 2.13 bits per heavy atom. The normalized spacial score (nSPS) is 17.6. The molecule has 0 saturated heterocycles. The van der Waals surface area contributed by atoms with Crippen LogP contribution in [0.2, 0.25) is 0 Å². The topological polar surface area (TPSA) is 61.3 Å². The summed E-state index contributed by atoms with van der Waals surface area (Å²) in [4.78, 5) is 18.3. The van der Waals surface area contributed by atoms with Crippen LogP contribution in [0.4, 0.5) is 0 Å². The van der Waals surface area contributed by atoms with Crippen LogP contribution < -0.4 is 0 Å². The molecule has 0 N–H and O–H groups in total. The van der Waals surface area contributed by atoms with Gasteiger partial charge in [0.2, 0.25) is 5.79 Å². The molecule has 2 heterocycles. The predicted molar refractivity (Wildman–Crippen MR) is 51.6 cm³/mol. The lowest BCUT2D eigenvalue weighted by molar-refractivity contribution is -0.102. The minimum atomic E-state index is -0.666. The molecule has 1 aliphatic rings. The first kappa shape index (κ1) is 9.64. The Labute approximate surface area is 86.8 Å². The van der Waals surface area contributed by atoms with Crippen LogP contribution in [0.1, 0.15) is 30.0 Å². The highest BCUT2D eigenvalue weighted by molar-refractivity contribution is 5.71. The van der Waals surface area contributed by atoms with Crippen molar-refractivity contribution < 1.29 is 14.3 Å². The van der Waals surface area contributed by atoms with Crippen molar-refractivity contribution in [2.75, 3.05) is 0 Å². The van der Waals surface area contributed by atoms with E-state index in [2.05, 4.69) is 9.97 Å². The lowest BCUT2D eigenvalue weighted by Gasteiger charge is -2.17. The van der Waals surface area contributed by atoms with Gasteiger partial charge in [0.05, 0.1) is 12.4 Å². The summed E-state index contributed by atoms with van der Waals surface area (Å²) < 4.78 is 10.7. The van der Waals surface area contributed by atoms with Crippen LogP contribution >= 0.6 is 0 Å². The molecule has 2 rings (SSSR count). The fourth-order valence-corrected chi connectivity index (χ4v) is 1.15. The minimum Gasteiger partial charge on any atom is -0.457 e. The van der Waals surface area contributed by atoms with Crippen LogP contribution in [0.15, 0.2) is 18.7 Å². The molecule has 0 aliphatic carbocycles. The van der Waals surface area contributed by atoms with Crippen LogP contribution in [-0.4, -0.2) is 22.0 Å². The molecule has 0 fully saturated rings. The van der Waals surface area contributed by atoms with Crippen LogP contribution in [0.25, 0.3) is 5.76 Å². The van der Waals surface area contributed by atoms with Gasteiger partial charge in [-0.1, -0.05) is 0 Å². The van der Waals surface area contributed by atoms with Gasteiger partial charge in [0.1, 0.15) is 17.6 Å². The van der Waals surface area contributed by atoms with Crippen molar-refractivity contribution >= 4 is 12.0 Å². The second kappa shape index (κ2) is 3.34. The molecule has 0 spiro atoms. The Kier molecular flexibility index (Phi) is 2.15. The summed E-state index contributed by atoms with van der Waals surface area (Å²) in [5, 5.41) is 0. The van der Waals surface area contributed by atoms with E-state index in [0.29, 0.717) is 17.7 Å². The Hall–Kier alpha value is -1.91. The fraction of sp³-hybridized carbons (Fsp3) is 0.300. The molecule has 1 aromatic heterocycles. The highest BCUT2D eigenvalue weighted by atomic mass is 16.7. The third-order valence-electron chi connectivity index (χ3n) is 1.85. The van der Waals surface area contributed by atoms with Crippen LogP contribution in [0.5, 0.6) is 0 Å². The molecule has 78 valence electrons. The van der Waals surface area contributed by atoms with Gasteiger partial charge >= 0.3 is 0 Å². The lowest BCUT2D eigenvalue weighted by Crippen LogP contribution is -2.20. The number of rotatable bonds is 2. The van der Waals surface area contributed by atoms with E-state index in [9.17, 15) is 4.79 Å². The largest absolute Gasteiger partial charge is 0.457 e. The first-order valence-corrected chi connectivity index (χ1v) is 4.45. The number of carbonyl (C=O) groups excluding carboxylic acids is 1. The number of ether oxygens (including phenoxy) is 2. The van der Waals surface area contributed by atoms with Gasteiger partial charge in [0, 0.05) is 13.8 Å². The number of carbonyl (C=O) groups is 1. The highest BCUT2D eigenvalue weighted by Gasteiger charge is 2.29.